The van der Waals surface area contributed by atoms with Crippen molar-refractivity contribution in [2.24, 2.45) is 0 Å². The molecular formula is C9H8B2O2. The summed E-state index contributed by atoms with van der Waals surface area (Å²) >= 11 is 0. The van der Waals surface area contributed by atoms with Gasteiger partial charge in [0, 0.05) is 0 Å². The number of carbonyl (C=O) groups is 1. The maximum atomic E-state index is 11.1. The van der Waals surface area contributed by atoms with Crippen LogP contribution in [0.1, 0.15) is 15.9 Å². The molecule has 0 aliphatic carbocycles. The molecule has 0 bridgehead atoms. The van der Waals surface area contributed by atoms with E-state index in [9.17, 15) is 4.79 Å². The van der Waals surface area contributed by atoms with Gasteiger partial charge in [-0.2, -0.15) is 0 Å². The predicted molar refractivity (Wildman–Crippen MR) is 52.6 cm³/mol. The number of benzene rings is 1. The first-order valence-corrected chi connectivity index (χ1v) is 3.86. The van der Waals surface area contributed by atoms with E-state index < -0.39 is 5.97 Å². The SMILES string of the molecule is [B]Cc1ccc(C(=O)OC)cc1[B]. The number of methoxy groups -OCH3 is 1. The van der Waals surface area contributed by atoms with Crippen LogP contribution in [0.5, 0.6) is 0 Å². The van der Waals surface area contributed by atoms with Gasteiger partial charge in [0.05, 0.1) is 20.5 Å². The molecule has 2 nitrogen and oxygen atoms in total. The van der Waals surface area contributed by atoms with Crippen LogP contribution in [0, 0.1) is 0 Å². The molecule has 1 rings (SSSR count). The number of hydrogen-bond donors (Lipinski definition) is 0. The number of hydrogen-bond acceptors (Lipinski definition) is 2. The molecule has 0 fully saturated rings. The normalized spacial score (nSPS) is 9.62. The molecule has 0 saturated heterocycles. The molecule has 0 heterocycles. The van der Waals surface area contributed by atoms with E-state index in [0.717, 1.165) is 5.56 Å². The fourth-order valence-electron chi connectivity index (χ4n) is 1.03. The fourth-order valence-corrected chi connectivity index (χ4v) is 1.03. The molecule has 4 radical (unpaired) electrons. The Balaban J connectivity index is 3.02. The molecular weight excluding hydrogens is 162 g/mol. The summed E-state index contributed by atoms with van der Waals surface area (Å²) in [5.74, 6) is -0.393. The third-order valence-corrected chi connectivity index (χ3v) is 1.79. The largest absolute Gasteiger partial charge is 0.465 e. The first-order valence-electron chi connectivity index (χ1n) is 3.86. The van der Waals surface area contributed by atoms with Gasteiger partial charge in [0.2, 0.25) is 0 Å². The van der Waals surface area contributed by atoms with Gasteiger partial charge in [0.15, 0.2) is 0 Å². The van der Waals surface area contributed by atoms with E-state index in [1.165, 1.54) is 7.11 Å². The van der Waals surface area contributed by atoms with Gasteiger partial charge >= 0.3 is 5.97 Å². The van der Waals surface area contributed by atoms with Crippen molar-refractivity contribution >= 4 is 27.1 Å². The average Bonchev–Trinajstić information content (AvgIpc) is 2.16. The van der Waals surface area contributed by atoms with Gasteiger partial charge in [-0.25, -0.2) is 4.79 Å². The van der Waals surface area contributed by atoms with Crippen molar-refractivity contribution in [2.75, 3.05) is 7.11 Å². The number of rotatable bonds is 2. The van der Waals surface area contributed by atoms with E-state index in [-0.39, 0.29) is 0 Å². The van der Waals surface area contributed by atoms with Gasteiger partial charge < -0.3 is 4.74 Å². The van der Waals surface area contributed by atoms with Crippen LogP contribution in [0.15, 0.2) is 18.2 Å². The first kappa shape index (κ1) is 9.90. The maximum Gasteiger partial charge on any atom is 0.337 e. The van der Waals surface area contributed by atoms with E-state index in [1.807, 2.05) is 0 Å². The second-order valence-corrected chi connectivity index (χ2v) is 2.61. The van der Waals surface area contributed by atoms with E-state index in [4.69, 9.17) is 15.7 Å². The Hall–Kier alpha value is -1.18. The number of esters is 1. The predicted octanol–water partition coefficient (Wildman–Crippen LogP) is -0.0645. The minimum absolute atomic E-state index is 0.368. The van der Waals surface area contributed by atoms with E-state index >= 15 is 0 Å². The van der Waals surface area contributed by atoms with Crippen LogP contribution >= 0.6 is 0 Å². The smallest absolute Gasteiger partial charge is 0.337 e. The summed E-state index contributed by atoms with van der Waals surface area (Å²) in [6.07, 6.45) is 0.368. The third-order valence-electron chi connectivity index (χ3n) is 1.79. The molecule has 0 unspecified atom stereocenters. The van der Waals surface area contributed by atoms with Crippen molar-refractivity contribution in [3.8, 4) is 0 Å². The molecule has 1 aromatic carbocycles. The Morgan fingerprint density at radius 1 is 1.54 bits per heavy atom. The van der Waals surface area contributed by atoms with Crippen molar-refractivity contribution < 1.29 is 9.53 Å². The van der Waals surface area contributed by atoms with Crippen molar-refractivity contribution in [3.63, 3.8) is 0 Å². The zero-order valence-corrected chi connectivity index (χ0v) is 7.41. The van der Waals surface area contributed by atoms with Gasteiger partial charge in [-0.15, -0.1) is 0 Å². The standard InChI is InChI=1S/C9H8B2O2/c1-13-9(12)6-2-3-7(5-10)8(11)4-6/h2-4H,5H2,1H3. The summed E-state index contributed by atoms with van der Waals surface area (Å²) in [7, 11) is 12.4. The lowest BCUT2D eigenvalue weighted by Crippen LogP contribution is -2.14. The third kappa shape index (κ3) is 2.14. The molecule has 0 saturated carbocycles. The quantitative estimate of drug-likeness (QED) is 0.458. The molecule has 0 aliphatic rings. The lowest BCUT2D eigenvalue weighted by atomic mass is 9.83. The van der Waals surface area contributed by atoms with Crippen molar-refractivity contribution in [1.29, 1.82) is 0 Å². The van der Waals surface area contributed by atoms with Crippen LogP contribution in [-0.2, 0) is 11.1 Å². The molecule has 13 heavy (non-hydrogen) atoms. The minimum Gasteiger partial charge on any atom is -0.465 e. The van der Waals surface area contributed by atoms with E-state index in [1.54, 1.807) is 18.2 Å². The van der Waals surface area contributed by atoms with Crippen molar-refractivity contribution in [3.05, 3.63) is 29.3 Å². The highest BCUT2D eigenvalue weighted by Gasteiger charge is 2.05. The Morgan fingerprint density at radius 3 is 2.69 bits per heavy atom. The first-order chi connectivity index (χ1) is 6.19. The summed E-state index contributed by atoms with van der Waals surface area (Å²) in [5, 5.41) is 0. The highest BCUT2D eigenvalue weighted by molar-refractivity contribution is 6.34. The maximum absolute atomic E-state index is 11.1. The lowest BCUT2D eigenvalue weighted by Gasteiger charge is -2.05. The van der Waals surface area contributed by atoms with E-state index in [0.29, 0.717) is 17.3 Å². The van der Waals surface area contributed by atoms with Crippen LogP contribution in [0.4, 0.5) is 0 Å². The Morgan fingerprint density at radius 2 is 2.23 bits per heavy atom. The molecule has 0 amide bonds. The molecule has 0 N–H and O–H groups in total. The van der Waals surface area contributed by atoms with Gasteiger partial charge in [0.1, 0.15) is 7.85 Å². The monoisotopic (exact) mass is 170 g/mol. The summed E-state index contributed by atoms with van der Waals surface area (Å²) in [5.41, 5.74) is 1.79. The van der Waals surface area contributed by atoms with Gasteiger partial charge in [-0.3, -0.25) is 0 Å². The highest BCUT2D eigenvalue weighted by atomic mass is 16.5. The molecule has 0 aliphatic heterocycles. The zero-order chi connectivity index (χ0) is 9.84. The molecule has 0 aromatic heterocycles. The minimum atomic E-state index is -0.393. The fraction of sp³-hybridized carbons (Fsp3) is 0.222. The Labute approximate surface area is 80.1 Å². The Bertz CT molecular complexity index is 323. The molecule has 4 heteroatoms. The van der Waals surface area contributed by atoms with Crippen molar-refractivity contribution in [2.45, 2.75) is 6.32 Å². The molecule has 1 aromatic rings. The van der Waals surface area contributed by atoms with Gasteiger partial charge in [0.25, 0.3) is 0 Å². The topological polar surface area (TPSA) is 26.3 Å². The van der Waals surface area contributed by atoms with Crippen LogP contribution in [0.25, 0.3) is 0 Å². The second-order valence-electron chi connectivity index (χ2n) is 2.61. The Kier molecular flexibility index (Phi) is 3.18. The number of ether oxygens (including phenoxy) is 1. The summed E-state index contributed by atoms with van der Waals surface area (Å²) in [4.78, 5) is 11.1. The summed E-state index contributed by atoms with van der Waals surface area (Å²) < 4.78 is 4.54. The van der Waals surface area contributed by atoms with Crippen LogP contribution in [-0.4, -0.2) is 28.8 Å². The van der Waals surface area contributed by atoms with Crippen molar-refractivity contribution in [1.82, 2.24) is 0 Å². The van der Waals surface area contributed by atoms with E-state index in [2.05, 4.69) is 4.74 Å². The molecule has 62 valence electrons. The van der Waals surface area contributed by atoms with Gasteiger partial charge in [-0.05, 0) is 6.07 Å². The van der Waals surface area contributed by atoms with Crippen LogP contribution < -0.4 is 5.46 Å². The second kappa shape index (κ2) is 4.17. The number of carbonyl (C=O) groups excluding carboxylic acids is 1. The lowest BCUT2D eigenvalue weighted by molar-refractivity contribution is 0.0601. The summed E-state index contributed by atoms with van der Waals surface area (Å²) in [6, 6.07) is 4.93. The molecule has 0 atom stereocenters. The van der Waals surface area contributed by atoms with Gasteiger partial charge in [-0.1, -0.05) is 29.5 Å². The summed E-state index contributed by atoms with van der Waals surface area (Å²) in [6.45, 7) is 0. The van der Waals surface area contributed by atoms with Crippen LogP contribution in [0.3, 0.4) is 0 Å². The molecule has 0 spiro atoms. The highest BCUT2D eigenvalue weighted by Crippen LogP contribution is 2.02. The zero-order valence-electron chi connectivity index (χ0n) is 7.41. The van der Waals surface area contributed by atoms with Crippen LogP contribution in [0.2, 0.25) is 0 Å². The average molecular weight is 170 g/mol.